The van der Waals surface area contributed by atoms with Crippen LogP contribution in [0.2, 0.25) is 0 Å². The number of anilines is 1. The third kappa shape index (κ3) is 5.94. The molecule has 134 valence electrons. The van der Waals surface area contributed by atoms with E-state index in [1.54, 1.807) is 6.07 Å². The van der Waals surface area contributed by atoms with E-state index in [4.69, 9.17) is 0 Å². The molecule has 25 heavy (non-hydrogen) atoms. The van der Waals surface area contributed by atoms with Gasteiger partial charge in [-0.15, -0.1) is 11.3 Å². The molecule has 7 heteroatoms. The zero-order valence-electron chi connectivity index (χ0n) is 14.4. The molecular formula is C18H22FN3O2S. The molecule has 0 saturated carbocycles. The third-order valence-corrected chi connectivity index (χ3v) is 4.47. The number of halogens is 1. The van der Waals surface area contributed by atoms with E-state index in [9.17, 15) is 14.0 Å². The number of nitrogens with zero attached hydrogens (tertiary/aromatic N) is 2. The van der Waals surface area contributed by atoms with Gasteiger partial charge < -0.3 is 10.2 Å². The summed E-state index contributed by atoms with van der Waals surface area (Å²) in [6.45, 7) is 4.28. The lowest BCUT2D eigenvalue weighted by Crippen LogP contribution is -2.38. The van der Waals surface area contributed by atoms with E-state index < -0.39 is 5.82 Å². The van der Waals surface area contributed by atoms with Crippen LogP contribution in [0.1, 0.15) is 42.2 Å². The second-order valence-corrected chi connectivity index (χ2v) is 6.64. The molecule has 2 rings (SSSR count). The van der Waals surface area contributed by atoms with Crippen molar-refractivity contribution >= 4 is 28.3 Å². The van der Waals surface area contributed by atoms with Crippen LogP contribution in [-0.4, -0.2) is 34.8 Å². The minimum absolute atomic E-state index is 0.0856. The maximum absolute atomic E-state index is 13.4. The first-order valence-electron chi connectivity index (χ1n) is 8.26. The van der Waals surface area contributed by atoms with E-state index in [1.807, 2.05) is 12.3 Å². The minimum Gasteiger partial charge on any atom is -0.329 e. The van der Waals surface area contributed by atoms with Gasteiger partial charge in [-0.2, -0.15) is 0 Å². The molecule has 1 heterocycles. The monoisotopic (exact) mass is 363 g/mol. The second kappa shape index (κ2) is 9.27. The molecule has 0 fully saturated rings. The number of hydrogen-bond donors (Lipinski definition) is 1. The fourth-order valence-corrected chi connectivity index (χ4v) is 3.06. The van der Waals surface area contributed by atoms with Crippen LogP contribution in [0.25, 0.3) is 0 Å². The van der Waals surface area contributed by atoms with Gasteiger partial charge >= 0.3 is 0 Å². The zero-order chi connectivity index (χ0) is 18.2. The molecular weight excluding hydrogens is 341 g/mol. The lowest BCUT2D eigenvalue weighted by molar-refractivity contribution is -0.116. The predicted molar refractivity (Wildman–Crippen MR) is 97.3 cm³/mol. The van der Waals surface area contributed by atoms with Gasteiger partial charge in [0.1, 0.15) is 12.4 Å². The van der Waals surface area contributed by atoms with Crippen molar-refractivity contribution < 1.29 is 14.0 Å². The van der Waals surface area contributed by atoms with Gasteiger partial charge in [-0.05, 0) is 31.5 Å². The molecule has 0 bridgehead atoms. The average molecular weight is 363 g/mol. The second-order valence-electron chi connectivity index (χ2n) is 5.79. The molecule has 1 N–H and O–H groups in total. The molecule has 0 unspecified atom stereocenters. The number of aryl methyl sites for hydroxylation is 1. The summed E-state index contributed by atoms with van der Waals surface area (Å²) in [7, 11) is 0. The highest BCUT2D eigenvalue weighted by Gasteiger charge is 2.19. The third-order valence-electron chi connectivity index (χ3n) is 3.59. The van der Waals surface area contributed by atoms with Crippen molar-refractivity contribution in [1.29, 1.82) is 0 Å². The standard InChI is InChI=1S/C18H22FN3O2S/c1-3-4-5-9-22(17(24)14-7-6-8-15(19)10-14)11-16(23)21-18-20-13(2)12-25-18/h6-8,10,12H,3-5,9,11H2,1-2H3,(H,20,21,23). The van der Waals surface area contributed by atoms with Crippen LogP contribution in [-0.2, 0) is 4.79 Å². The topological polar surface area (TPSA) is 62.3 Å². The summed E-state index contributed by atoms with van der Waals surface area (Å²) in [5.41, 5.74) is 1.07. The van der Waals surface area contributed by atoms with Crippen molar-refractivity contribution in [3.8, 4) is 0 Å². The largest absolute Gasteiger partial charge is 0.329 e. The van der Waals surface area contributed by atoms with Crippen molar-refractivity contribution in [2.24, 2.45) is 0 Å². The fourth-order valence-electron chi connectivity index (χ4n) is 2.35. The Morgan fingerprint density at radius 1 is 1.32 bits per heavy atom. The first-order chi connectivity index (χ1) is 12.0. The predicted octanol–water partition coefficient (Wildman–Crippen LogP) is 3.86. The van der Waals surface area contributed by atoms with Crippen LogP contribution in [0.5, 0.6) is 0 Å². The number of amides is 2. The summed E-state index contributed by atoms with van der Waals surface area (Å²) in [6.07, 6.45) is 2.76. The van der Waals surface area contributed by atoms with Crippen LogP contribution in [0.4, 0.5) is 9.52 Å². The first kappa shape index (κ1) is 19.1. The number of aromatic nitrogens is 1. The van der Waals surface area contributed by atoms with E-state index in [-0.39, 0.29) is 23.9 Å². The summed E-state index contributed by atoms with van der Waals surface area (Å²) in [4.78, 5) is 30.5. The smallest absolute Gasteiger partial charge is 0.254 e. The lowest BCUT2D eigenvalue weighted by atomic mass is 10.1. The summed E-state index contributed by atoms with van der Waals surface area (Å²) in [6, 6.07) is 5.53. The Bertz CT molecular complexity index is 733. The van der Waals surface area contributed by atoms with Crippen molar-refractivity contribution in [1.82, 2.24) is 9.88 Å². The molecule has 2 aromatic rings. The number of rotatable bonds is 8. The first-order valence-corrected chi connectivity index (χ1v) is 9.14. The Morgan fingerprint density at radius 3 is 2.76 bits per heavy atom. The molecule has 0 atom stereocenters. The van der Waals surface area contributed by atoms with Crippen LogP contribution < -0.4 is 5.32 Å². The van der Waals surface area contributed by atoms with Crippen LogP contribution in [0.3, 0.4) is 0 Å². The molecule has 0 saturated heterocycles. The number of carbonyl (C=O) groups excluding carboxylic acids is 2. The lowest BCUT2D eigenvalue weighted by Gasteiger charge is -2.22. The minimum atomic E-state index is -0.470. The Morgan fingerprint density at radius 2 is 2.12 bits per heavy atom. The fraction of sp³-hybridized carbons (Fsp3) is 0.389. The maximum atomic E-state index is 13.4. The molecule has 1 aromatic carbocycles. The van der Waals surface area contributed by atoms with Gasteiger partial charge in [0.2, 0.25) is 5.91 Å². The van der Waals surface area contributed by atoms with Gasteiger partial charge in [0.15, 0.2) is 5.13 Å². The highest BCUT2D eigenvalue weighted by Crippen LogP contribution is 2.15. The quantitative estimate of drug-likeness (QED) is 0.725. The van der Waals surface area contributed by atoms with Gasteiger partial charge in [0.25, 0.3) is 5.91 Å². The molecule has 0 aliphatic heterocycles. The van der Waals surface area contributed by atoms with Gasteiger partial charge in [0.05, 0.1) is 5.69 Å². The van der Waals surface area contributed by atoms with E-state index in [0.717, 1.165) is 25.0 Å². The van der Waals surface area contributed by atoms with E-state index in [1.165, 1.54) is 34.4 Å². The highest BCUT2D eigenvalue weighted by atomic mass is 32.1. The SMILES string of the molecule is CCCCCN(CC(=O)Nc1nc(C)cs1)C(=O)c1cccc(F)c1. The van der Waals surface area contributed by atoms with E-state index in [2.05, 4.69) is 17.2 Å². The molecule has 1 aromatic heterocycles. The Kier molecular flexibility index (Phi) is 7.06. The normalized spacial score (nSPS) is 10.5. The Hall–Kier alpha value is -2.28. The van der Waals surface area contributed by atoms with Crippen LogP contribution >= 0.6 is 11.3 Å². The van der Waals surface area contributed by atoms with Gasteiger partial charge in [-0.25, -0.2) is 9.37 Å². The number of unbranched alkanes of at least 4 members (excludes halogenated alkanes) is 2. The van der Waals surface area contributed by atoms with Crippen molar-refractivity contribution in [2.75, 3.05) is 18.4 Å². The summed E-state index contributed by atoms with van der Waals surface area (Å²) in [5, 5.41) is 5.05. The Labute approximate surface area is 150 Å². The number of thiazole rings is 1. The zero-order valence-corrected chi connectivity index (χ0v) is 15.2. The van der Waals surface area contributed by atoms with E-state index >= 15 is 0 Å². The van der Waals surface area contributed by atoms with Crippen LogP contribution in [0, 0.1) is 12.7 Å². The van der Waals surface area contributed by atoms with Crippen molar-refractivity contribution in [3.05, 3.63) is 46.7 Å². The highest BCUT2D eigenvalue weighted by molar-refractivity contribution is 7.13. The van der Waals surface area contributed by atoms with Crippen molar-refractivity contribution in [2.45, 2.75) is 33.1 Å². The number of nitrogens with one attached hydrogen (secondary N) is 1. The average Bonchev–Trinajstić information content (AvgIpc) is 2.98. The number of benzene rings is 1. The summed E-state index contributed by atoms with van der Waals surface area (Å²) >= 11 is 1.34. The van der Waals surface area contributed by atoms with E-state index in [0.29, 0.717) is 11.7 Å². The molecule has 0 radical (unpaired) electrons. The molecule has 5 nitrogen and oxygen atoms in total. The number of hydrogen-bond acceptors (Lipinski definition) is 4. The summed E-state index contributed by atoms with van der Waals surface area (Å²) in [5.74, 6) is -1.13. The molecule has 2 amide bonds. The Balaban J connectivity index is 2.06. The summed E-state index contributed by atoms with van der Waals surface area (Å²) < 4.78 is 13.4. The molecule has 0 spiro atoms. The molecule has 0 aliphatic rings. The number of carbonyl (C=O) groups is 2. The molecule has 0 aliphatic carbocycles. The van der Waals surface area contributed by atoms with Crippen molar-refractivity contribution in [3.63, 3.8) is 0 Å². The van der Waals surface area contributed by atoms with Gasteiger partial charge in [-0.1, -0.05) is 25.8 Å². The van der Waals surface area contributed by atoms with Gasteiger partial charge in [0, 0.05) is 17.5 Å². The van der Waals surface area contributed by atoms with Gasteiger partial charge in [-0.3, -0.25) is 9.59 Å². The maximum Gasteiger partial charge on any atom is 0.254 e. The van der Waals surface area contributed by atoms with Crippen LogP contribution in [0.15, 0.2) is 29.6 Å².